The van der Waals surface area contributed by atoms with Gasteiger partial charge in [-0.1, -0.05) is 17.7 Å². The van der Waals surface area contributed by atoms with Crippen molar-refractivity contribution in [3.05, 3.63) is 50.9 Å². The molecule has 88 valence electrons. The molecule has 1 amide bonds. The monoisotopic (exact) mass is 266 g/mol. The molecular formula is C12H11ClN2OS. The summed E-state index contributed by atoms with van der Waals surface area (Å²) >= 11 is 7.35. The molecular weight excluding hydrogens is 256 g/mol. The predicted octanol–water partition coefficient (Wildman–Crippen LogP) is 3.03. The molecule has 0 saturated heterocycles. The summed E-state index contributed by atoms with van der Waals surface area (Å²) in [4.78, 5) is 15.7. The minimum absolute atomic E-state index is 0.210. The van der Waals surface area contributed by atoms with E-state index in [1.165, 1.54) is 5.56 Å². The number of aryl methyl sites for hydroxylation is 1. The van der Waals surface area contributed by atoms with Gasteiger partial charge in [0.05, 0.1) is 0 Å². The van der Waals surface area contributed by atoms with E-state index in [0.29, 0.717) is 17.4 Å². The summed E-state index contributed by atoms with van der Waals surface area (Å²) in [5.41, 5.74) is 2.66. The summed E-state index contributed by atoms with van der Waals surface area (Å²) in [7, 11) is 0. The van der Waals surface area contributed by atoms with Crippen molar-refractivity contribution in [3.63, 3.8) is 0 Å². The number of carbonyl (C=O) groups excluding carboxylic acids is 1. The predicted molar refractivity (Wildman–Crippen MR) is 69.5 cm³/mol. The molecule has 2 aromatic rings. The van der Waals surface area contributed by atoms with Crippen LogP contribution in [0.3, 0.4) is 0 Å². The first-order valence-electron chi connectivity index (χ1n) is 5.09. The van der Waals surface area contributed by atoms with Crippen molar-refractivity contribution < 1.29 is 4.79 Å². The normalized spacial score (nSPS) is 10.2. The highest BCUT2D eigenvalue weighted by molar-refractivity contribution is 7.08. The number of aromatic nitrogens is 1. The van der Waals surface area contributed by atoms with Crippen LogP contribution in [0.25, 0.3) is 0 Å². The molecule has 2 rings (SSSR count). The van der Waals surface area contributed by atoms with Crippen molar-refractivity contribution in [3.8, 4) is 0 Å². The SMILES string of the molecule is Cc1cscc1CNC(=O)c1cccc(Cl)n1. The molecule has 0 saturated carbocycles. The van der Waals surface area contributed by atoms with Gasteiger partial charge in [-0.05, 0) is 40.9 Å². The maximum absolute atomic E-state index is 11.8. The first kappa shape index (κ1) is 12.1. The van der Waals surface area contributed by atoms with Crippen molar-refractivity contribution in [2.75, 3.05) is 0 Å². The van der Waals surface area contributed by atoms with Gasteiger partial charge in [0.1, 0.15) is 10.8 Å². The molecule has 0 atom stereocenters. The Kier molecular flexibility index (Phi) is 3.76. The molecule has 2 aromatic heterocycles. The maximum atomic E-state index is 11.8. The maximum Gasteiger partial charge on any atom is 0.270 e. The first-order valence-corrected chi connectivity index (χ1v) is 6.41. The fraction of sp³-hybridized carbons (Fsp3) is 0.167. The zero-order valence-electron chi connectivity index (χ0n) is 9.24. The van der Waals surface area contributed by atoms with Gasteiger partial charge in [0, 0.05) is 6.54 Å². The Balaban J connectivity index is 2.01. The number of hydrogen-bond acceptors (Lipinski definition) is 3. The molecule has 17 heavy (non-hydrogen) atoms. The van der Waals surface area contributed by atoms with Gasteiger partial charge >= 0.3 is 0 Å². The van der Waals surface area contributed by atoms with Crippen molar-refractivity contribution in [1.29, 1.82) is 0 Å². The van der Waals surface area contributed by atoms with Crippen molar-refractivity contribution in [1.82, 2.24) is 10.3 Å². The Morgan fingerprint density at radius 3 is 2.94 bits per heavy atom. The van der Waals surface area contributed by atoms with E-state index < -0.39 is 0 Å². The van der Waals surface area contributed by atoms with Gasteiger partial charge in [-0.3, -0.25) is 4.79 Å². The highest BCUT2D eigenvalue weighted by Crippen LogP contribution is 2.13. The molecule has 3 nitrogen and oxygen atoms in total. The van der Waals surface area contributed by atoms with Crippen LogP contribution in [0, 0.1) is 6.92 Å². The van der Waals surface area contributed by atoms with Crippen LogP contribution in [0.4, 0.5) is 0 Å². The lowest BCUT2D eigenvalue weighted by molar-refractivity contribution is 0.0946. The quantitative estimate of drug-likeness (QED) is 0.868. The van der Waals surface area contributed by atoms with Crippen molar-refractivity contribution in [2.24, 2.45) is 0 Å². The van der Waals surface area contributed by atoms with E-state index in [0.717, 1.165) is 5.56 Å². The molecule has 0 aliphatic heterocycles. The Morgan fingerprint density at radius 2 is 2.29 bits per heavy atom. The molecule has 5 heteroatoms. The molecule has 1 N–H and O–H groups in total. The highest BCUT2D eigenvalue weighted by Gasteiger charge is 2.08. The summed E-state index contributed by atoms with van der Waals surface area (Å²) in [6.07, 6.45) is 0. The number of carbonyl (C=O) groups is 1. The molecule has 0 unspecified atom stereocenters. The van der Waals surface area contributed by atoms with Crippen LogP contribution in [-0.2, 0) is 6.54 Å². The average Bonchev–Trinajstić information content (AvgIpc) is 2.72. The van der Waals surface area contributed by atoms with Crippen LogP contribution in [0.1, 0.15) is 21.6 Å². The summed E-state index contributed by atoms with van der Waals surface area (Å²) in [6, 6.07) is 4.99. The largest absolute Gasteiger partial charge is 0.347 e. The molecule has 0 radical (unpaired) electrons. The van der Waals surface area contributed by atoms with Crippen LogP contribution in [-0.4, -0.2) is 10.9 Å². The number of pyridine rings is 1. The van der Waals surface area contributed by atoms with Crippen LogP contribution in [0.15, 0.2) is 29.0 Å². The number of amides is 1. The van der Waals surface area contributed by atoms with Crippen LogP contribution in [0.5, 0.6) is 0 Å². The van der Waals surface area contributed by atoms with Crippen LogP contribution in [0.2, 0.25) is 5.15 Å². The molecule has 2 heterocycles. The lowest BCUT2D eigenvalue weighted by Gasteiger charge is -2.04. The topological polar surface area (TPSA) is 42.0 Å². The molecule has 0 aliphatic rings. The highest BCUT2D eigenvalue weighted by atomic mass is 35.5. The van der Waals surface area contributed by atoms with Gasteiger partial charge in [0.25, 0.3) is 5.91 Å². The van der Waals surface area contributed by atoms with Gasteiger partial charge in [-0.2, -0.15) is 11.3 Å². The van der Waals surface area contributed by atoms with Crippen molar-refractivity contribution in [2.45, 2.75) is 13.5 Å². The van der Waals surface area contributed by atoms with E-state index in [-0.39, 0.29) is 5.91 Å². The fourth-order valence-electron chi connectivity index (χ4n) is 1.37. The third kappa shape index (κ3) is 3.05. The second kappa shape index (κ2) is 5.29. The first-order chi connectivity index (χ1) is 8.16. The Bertz CT molecular complexity index is 539. The van der Waals surface area contributed by atoms with E-state index >= 15 is 0 Å². The standard InChI is InChI=1S/C12H11ClN2OS/c1-8-6-17-7-9(8)5-14-12(16)10-3-2-4-11(13)15-10/h2-4,6-7H,5H2,1H3,(H,14,16). The molecule has 0 fully saturated rings. The van der Waals surface area contributed by atoms with E-state index in [4.69, 9.17) is 11.6 Å². The number of hydrogen-bond donors (Lipinski definition) is 1. The lowest BCUT2D eigenvalue weighted by atomic mass is 10.2. The second-order valence-electron chi connectivity index (χ2n) is 3.61. The molecule has 0 bridgehead atoms. The number of nitrogens with one attached hydrogen (secondary N) is 1. The van der Waals surface area contributed by atoms with Crippen LogP contribution < -0.4 is 5.32 Å². The Labute approximate surface area is 108 Å². The molecule has 0 aliphatic carbocycles. The van der Waals surface area contributed by atoms with Crippen molar-refractivity contribution >= 4 is 28.8 Å². The third-order valence-corrected chi connectivity index (χ3v) is 3.47. The van der Waals surface area contributed by atoms with Crippen LogP contribution >= 0.6 is 22.9 Å². The van der Waals surface area contributed by atoms with Gasteiger partial charge in [0.2, 0.25) is 0 Å². The summed E-state index contributed by atoms with van der Waals surface area (Å²) in [5, 5.41) is 7.22. The number of rotatable bonds is 3. The minimum Gasteiger partial charge on any atom is -0.347 e. The van der Waals surface area contributed by atoms with Gasteiger partial charge in [0.15, 0.2) is 0 Å². The number of thiophene rings is 1. The minimum atomic E-state index is -0.210. The number of halogens is 1. The van der Waals surface area contributed by atoms with E-state index in [1.807, 2.05) is 12.3 Å². The van der Waals surface area contributed by atoms with E-state index in [9.17, 15) is 4.79 Å². The summed E-state index contributed by atoms with van der Waals surface area (Å²) in [5.74, 6) is -0.210. The smallest absolute Gasteiger partial charge is 0.270 e. The molecule has 0 aromatic carbocycles. The number of nitrogens with zero attached hydrogens (tertiary/aromatic N) is 1. The lowest BCUT2D eigenvalue weighted by Crippen LogP contribution is -2.23. The molecule has 0 spiro atoms. The summed E-state index contributed by atoms with van der Waals surface area (Å²) < 4.78 is 0. The summed E-state index contributed by atoms with van der Waals surface area (Å²) in [6.45, 7) is 2.54. The average molecular weight is 267 g/mol. The van der Waals surface area contributed by atoms with Gasteiger partial charge in [-0.15, -0.1) is 0 Å². The Morgan fingerprint density at radius 1 is 1.47 bits per heavy atom. The van der Waals surface area contributed by atoms with Gasteiger partial charge in [-0.25, -0.2) is 4.98 Å². The third-order valence-electron chi connectivity index (χ3n) is 2.35. The zero-order valence-corrected chi connectivity index (χ0v) is 10.8. The van der Waals surface area contributed by atoms with Gasteiger partial charge < -0.3 is 5.32 Å². The van der Waals surface area contributed by atoms with E-state index in [2.05, 4.69) is 15.7 Å². The Hall–Kier alpha value is -1.39. The van der Waals surface area contributed by atoms with E-state index in [1.54, 1.807) is 29.5 Å². The fourth-order valence-corrected chi connectivity index (χ4v) is 2.39. The zero-order chi connectivity index (χ0) is 12.3. The second-order valence-corrected chi connectivity index (χ2v) is 4.74.